The number of aromatic nitrogens is 1. The molecule has 0 saturated carbocycles. The van der Waals surface area contributed by atoms with Crippen LogP contribution < -0.4 is 0 Å². The number of nitrogens with zero attached hydrogens (tertiary/aromatic N) is 4. The third-order valence-corrected chi connectivity index (χ3v) is 7.79. The molecule has 8 heteroatoms. The van der Waals surface area contributed by atoms with Crippen LogP contribution in [-0.4, -0.2) is 72.4 Å². The molecule has 2 aliphatic heterocycles. The van der Waals surface area contributed by atoms with Gasteiger partial charge in [0, 0.05) is 50.2 Å². The topological polar surface area (TPSA) is 86.4 Å². The number of aryl methyl sites for hydroxylation is 1. The highest BCUT2D eigenvalue weighted by atomic mass is 32.2. The first-order valence-corrected chi connectivity index (χ1v) is 12.1. The monoisotopic (exact) mass is 418 g/mol. The van der Waals surface area contributed by atoms with E-state index in [0.29, 0.717) is 32.6 Å². The van der Waals surface area contributed by atoms with Gasteiger partial charge in [-0.05, 0) is 44.4 Å². The molecule has 3 heterocycles. The Labute approximate surface area is 173 Å². The van der Waals surface area contributed by atoms with Gasteiger partial charge in [0.05, 0.1) is 11.5 Å². The zero-order valence-electron chi connectivity index (χ0n) is 17.5. The summed E-state index contributed by atoms with van der Waals surface area (Å²) in [5.74, 6) is 0.234. The number of hydrogen-bond donors (Lipinski definition) is 0. The summed E-state index contributed by atoms with van der Waals surface area (Å²) in [6.45, 7) is 9.43. The lowest BCUT2D eigenvalue weighted by molar-refractivity contribution is -0.128. The molecule has 1 aromatic heterocycles. The minimum absolute atomic E-state index is 0.0622. The van der Waals surface area contributed by atoms with Crippen LogP contribution in [0.2, 0.25) is 0 Å². The second-order valence-electron chi connectivity index (χ2n) is 8.03. The van der Waals surface area contributed by atoms with Crippen molar-refractivity contribution in [3.05, 3.63) is 28.6 Å². The van der Waals surface area contributed by atoms with E-state index in [4.69, 9.17) is 0 Å². The van der Waals surface area contributed by atoms with Crippen LogP contribution in [0.5, 0.6) is 0 Å². The highest BCUT2D eigenvalue weighted by Crippen LogP contribution is 2.22. The van der Waals surface area contributed by atoms with Gasteiger partial charge in [-0.25, -0.2) is 8.42 Å². The zero-order chi connectivity index (χ0) is 21.2. The fourth-order valence-electron chi connectivity index (χ4n) is 4.36. The number of rotatable bonds is 5. The lowest BCUT2D eigenvalue weighted by Crippen LogP contribution is -2.52. The van der Waals surface area contributed by atoms with E-state index in [2.05, 4.69) is 22.5 Å². The Bertz CT molecular complexity index is 947. The quantitative estimate of drug-likeness (QED) is 0.537. The number of carbonyl (C=O) groups excluding carboxylic acids is 1. The molecule has 1 amide bonds. The Morgan fingerprint density at radius 1 is 1.28 bits per heavy atom. The summed E-state index contributed by atoms with van der Waals surface area (Å²) in [7, 11) is -2.91. The van der Waals surface area contributed by atoms with Crippen molar-refractivity contribution < 1.29 is 13.2 Å². The largest absolute Gasteiger partial charge is 0.349 e. The Kier molecular flexibility index (Phi) is 6.49. The number of hydrogen-bond acceptors (Lipinski definition) is 5. The fourth-order valence-corrected chi connectivity index (χ4v) is 6.12. The molecule has 0 aromatic carbocycles. The van der Waals surface area contributed by atoms with E-state index >= 15 is 0 Å². The number of amides is 1. The molecule has 2 aliphatic rings. The van der Waals surface area contributed by atoms with Crippen molar-refractivity contribution in [3.8, 4) is 6.07 Å². The van der Waals surface area contributed by atoms with Crippen molar-refractivity contribution in [1.29, 1.82) is 5.26 Å². The molecule has 2 saturated heterocycles. The highest BCUT2D eigenvalue weighted by Gasteiger charge is 2.34. The van der Waals surface area contributed by atoms with Gasteiger partial charge in [-0.1, -0.05) is 6.92 Å². The van der Waals surface area contributed by atoms with Crippen molar-refractivity contribution in [2.45, 2.75) is 46.2 Å². The molecule has 7 nitrogen and oxygen atoms in total. The van der Waals surface area contributed by atoms with E-state index in [-0.39, 0.29) is 29.0 Å². The lowest BCUT2D eigenvalue weighted by atomic mass is 10.1. The summed E-state index contributed by atoms with van der Waals surface area (Å²) in [5.41, 5.74) is 3.26. The number of piperazine rings is 1. The summed E-state index contributed by atoms with van der Waals surface area (Å²) in [6.07, 6.45) is 3.40. The molecule has 158 valence electrons. The van der Waals surface area contributed by atoms with Gasteiger partial charge in [0.25, 0.3) is 5.91 Å². The minimum atomic E-state index is -2.91. The molecule has 0 N–H and O–H groups in total. The summed E-state index contributed by atoms with van der Waals surface area (Å²) in [5, 5.41) is 9.59. The molecular formula is C21H30N4O3S. The van der Waals surface area contributed by atoms with E-state index in [9.17, 15) is 18.5 Å². The SMILES string of the molecule is CCCn1c(C)cc(/C=C(\C#N)C(=O)N2CCN(C3CCS(=O)(=O)C3)CC2)c1C. The van der Waals surface area contributed by atoms with Crippen LogP contribution in [0.3, 0.4) is 0 Å². The van der Waals surface area contributed by atoms with E-state index in [0.717, 1.165) is 29.9 Å². The maximum absolute atomic E-state index is 12.9. The van der Waals surface area contributed by atoms with Crippen molar-refractivity contribution in [3.63, 3.8) is 0 Å². The van der Waals surface area contributed by atoms with Gasteiger partial charge in [0.1, 0.15) is 11.6 Å². The Morgan fingerprint density at radius 2 is 1.97 bits per heavy atom. The van der Waals surface area contributed by atoms with Gasteiger partial charge in [-0.3, -0.25) is 9.69 Å². The molecule has 3 rings (SSSR count). The van der Waals surface area contributed by atoms with Gasteiger partial charge in [0.15, 0.2) is 9.84 Å². The summed E-state index contributed by atoms with van der Waals surface area (Å²) < 4.78 is 25.6. The first-order chi connectivity index (χ1) is 13.8. The summed E-state index contributed by atoms with van der Waals surface area (Å²) >= 11 is 0. The van der Waals surface area contributed by atoms with Crippen molar-refractivity contribution in [2.75, 3.05) is 37.7 Å². The van der Waals surface area contributed by atoms with Gasteiger partial charge in [0.2, 0.25) is 0 Å². The van der Waals surface area contributed by atoms with Gasteiger partial charge >= 0.3 is 0 Å². The number of sulfone groups is 1. The average Bonchev–Trinajstić information content (AvgIpc) is 3.19. The predicted octanol–water partition coefficient (Wildman–Crippen LogP) is 1.75. The van der Waals surface area contributed by atoms with Crippen LogP contribution in [0.25, 0.3) is 6.08 Å². The van der Waals surface area contributed by atoms with E-state index in [1.54, 1.807) is 11.0 Å². The van der Waals surface area contributed by atoms with E-state index in [1.165, 1.54) is 0 Å². The van der Waals surface area contributed by atoms with E-state index in [1.807, 2.05) is 19.9 Å². The fraction of sp³-hybridized carbons (Fsp3) is 0.619. The molecule has 0 spiro atoms. The summed E-state index contributed by atoms with van der Waals surface area (Å²) in [4.78, 5) is 16.8. The van der Waals surface area contributed by atoms with Gasteiger partial charge in [-0.2, -0.15) is 5.26 Å². The molecular weight excluding hydrogens is 388 g/mol. The minimum Gasteiger partial charge on any atom is -0.349 e. The molecule has 1 atom stereocenters. The smallest absolute Gasteiger partial charge is 0.264 e. The van der Waals surface area contributed by atoms with Crippen molar-refractivity contribution in [1.82, 2.24) is 14.4 Å². The molecule has 1 aromatic rings. The molecule has 1 unspecified atom stereocenters. The standard InChI is InChI=1S/C21H30N4O3S/c1-4-6-25-16(2)12-18(17(25)3)13-19(14-22)21(26)24-9-7-23(8-10-24)20-5-11-29(27,28)15-20/h12-13,20H,4-11,15H2,1-3H3/b19-13+. The van der Waals surface area contributed by atoms with Gasteiger partial charge < -0.3 is 9.47 Å². The molecule has 0 bridgehead atoms. The molecule has 29 heavy (non-hydrogen) atoms. The lowest BCUT2D eigenvalue weighted by Gasteiger charge is -2.37. The van der Waals surface area contributed by atoms with Crippen LogP contribution in [0.15, 0.2) is 11.6 Å². The molecule has 0 radical (unpaired) electrons. The van der Waals surface area contributed by atoms with Crippen LogP contribution in [0.1, 0.15) is 36.7 Å². The van der Waals surface area contributed by atoms with Crippen LogP contribution in [0, 0.1) is 25.2 Å². The third kappa shape index (κ3) is 4.73. The molecule has 0 aliphatic carbocycles. The first kappa shape index (κ1) is 21.6. The second kappa shape index (κ2) is 8.72. The maximum atomic E-state index is 12.9. The predicted molar refractivity (Wildman–Crippen MR) is 113 cm³/mol. The Balaban J connectivity index is 1.67. The number of carbonyl (C=O) groups is 1. The Morgan fingerprint density at radius 3 is 2.52 bits per heavy atom. The second-order valence-corrected chi connectivity index (χ2v) is 10.3. The normalized spacial score (nSPS) is 22.6. The average molecular weight is 419 g/mol. The summed E-state index contributed by atoms with van der Waals surface area (Å²) in [6, 6.07) is 4.16. The van der Waals surface area contributed by atoms with Crippen LogP contribution >= 0.6 is 0 Å². The Hall–Kier alpha value is -2.11. The third-order valence-electron chi connectivity index (χ3n) is 6.04. The number of nitriles is 1. The van der Waals surface area contributed by atoms with E-state index < -0.39 is 9.84 Å². The van der Waals surface area contributed by atoms with Gasteiger partial charge in [-0.15, -0.1) is 0 Å². The zero-order valence-corrected chi connectivity index (χ0v) is 18.3. The van der Waals surface area contributed by atoms with Crippen LogP contribution in [0.4, 0.5) is 0 Å². The molecule has 2 fully saturated rings. The highest BCUT2D eigenvalue weighted by molar-refractivity contribution is 7.91. The first-order valence-electron chi connectivity index (χ1n) is 10.3. The van der Waals surface area contributed by atoms with Crippen LogP contribution in [-0.2, 0) is 21.2 Å². The van der Waals surface area contributed by atoms with Crippen molar-refractivity contribution in [2.24, 2.45) is 0 Å². The maximum Gasteiger partial charge on any atom is 0.264 e. The van der Waals surface area contributed by atoms with Crippen molar-refractivity contribution >= 4 is 21.8 Å².